The molecule has 0 fully saturated rings. The van der Waals surface area contributed by atoms with Gasteiger partial charge in [-0.15, -0.1) is 0 Å². The number of aliphatic hydroxyl groups excluding tert-OH is 1. The van der Waals surface area contributed by atoms with E-state index >= 15 is 0 Å². The Morgan fingerprint density at radius 3 is 2.27 bits per heavy atom. The molecular weight excluding hydrogens is 276 g/mol. The highest BCUT2D eigenvalue weighted by atomic mass is 16.3. The summed E-state index contributed by atoms with van der Waals surface area (Å²) in [6.07, 6.45) is 0. The first kappa shape index (κ1) is 16.2. The summed E-state index contributed by atoms with van der Waals surface area (Å²) in [5.74, 6) is 0.00616. The normalized spacial score (nSPS) is 12.0. The fourth-order valence-electron chi connectivity index (χ4n) is 2.30. The van der Waals surface area contributed by atoms with Crippen LogP contribution in [0.4, 0.5) is 5.69 Å². The quantitative estimate of drug-likeness (QED) is 0.770. The van der Waals surface area contributed by atoms with Crippen molar-refractivity contribution < 1.29 is 9.90 Å². The van der Waals surface area contributed by atoms with Crippen molar-refractivity contribution in [3.05, 3.63) is 65.7 Å². The minimum absolute atomic E-state index is 0.00560. The Labute approximate surface area is 131 Å². The number of nitrogens with zero attached hydrogens (tertiary/aromatic N) is 1. The van der Waals surface area contributed by atoms with Crippen LogP contribution in [0.1, 0.15) is 22.0 Å². The number of carbonyl (C=O) groups is 1. The van der Waals surface area contributed by atoms with Gasteiger partial charge in [-0.2, -0.15) is 0 Å². The van der Waals surface area contributed by atoms with Crippen LogP contribution in [0.2, 0.25) is 0 Å². The number of ketones is 1. The first-order valence-electron chi connectivity index (χ1n) is 7.34. The number of hydrogen-bond donors (Lipinski definition) is 2. The molecule has 0 aliphatic carbocycles. The summed E-state index contributed by atoms with van der Waals surface area (Å²) in [5, 5.41) is 12.2. The van der Waals surface area contributed by atoms with E-state index in [1.165, 1.54) is 0 Å². The summed E-state index contributed by atoms with van der Waals surface area (Å²) in [4.78, 5) is 14.7. The zero-order valence-corrected chi connectivity index (χ0v) is 13.0. The molecule has 116 valence electrons. The molecule has 0 aliphatic heterocycles. The lowest BCUT2D eigenvalue weighted by atomic mass is 9.97. The van der Waals surface area contributed by atoms with Crippen LogP contribution in [-0.2, 0) is 0 Å². The number of hydrogen-bond acceptors (Lipinski definition) is 4. The maximum atomic E-state index is 12.7. The lowest BCUT2D eigenvalue weighted by Crippen LogP contribution is -2.31. The molecule has 0 radical (unpaired) electrons. The SMILES string of the molecule is CN(C)c1ccc(C(NCCO)C(=O)c2ccccc2)cc1. The number of carbonyl (C=O) groups excluding carboxylic acids is 1. The Bertz CT molecular complexity index is 594. The molecule has 2 aromatic rings. The van der Waals surface area contributed by atoms with E-state index in [0.717, 1.165) is 11.3 Å². The van der Waals surface area contributed by atoms with E-state index in [4.69, 9.17) is 5.11 Å². The minimum atomic E-state index is -0.453. The Hall–Kier alpha value is -2.17. The summed E-state index contributed by atoms with van der Waals surface area (Å²) in [6, 6.07) is 16.6. The van der Waals surface area contributed by atoms with E-state index in [1.54, 1.807) is 0 Å². The van der Waals surface area contributed by atoms with Gasteiger partial charge in [0, 0.05) is 31.9 Å². The van der Waals surface area contributed by atoms with Gasteiger partial charge in [-0.1, -0.05) is 42.5 Å². The van der Waals surface area contributed by atoms with Crippen LogP contribution in [0.25, 0.3) is 0 Å². The summed E-state index contributed by atoms with van der Waals surface area (Å²) in [6.45, 7) is 0.368. The Morgan fingerprint density at radius 1 is 1.09 bits per heavy atom. The second-order valence-electron chi connectivity index (χ2n) is 5.33. The van der Waals surface area contributed by atoms with Crippen molar-refractivity contribution >= 4 is 11.5 Å². The molecule has 0 aliphatic rings. The summed E-state index contributed by atoms with van der Waals surface area (Å²) >= 11 is 0. The molecule has 1 atom stereocenters. The van der Waals surface area contributed by atoms with Gasteiger partial charge in [0.2, 0.25) is 0 Å². The highest BCUT2D eigenvalue weighted by molar-refractivity contribution is 6.00. The molecule has 0 amide bonds. The van der Waals surface area contributed by atoms with Gasteiger partial charge in [0.25, 0.3) is 0 Å². The van der Waals surface area contributed by atoms with E-state index in [0.29, 0.717) is 12.1 Å². The standard InChI is InChI=1S/C18H22N2O2/c1-20(2)16-10-8-14(9-11-16)17(19-12-13-21)18(22)15-6-4-3-5-7-15/h3-11,17,19,21H,12-13H2,1-2H3. The molecule has 0 bridgehead atoms. The number of benzene rings is 2. The number of nitrogens with one attached hydrogen (secondary N) is 1. The molecule has 2 aromatic carbocycles. The maximum absolute atomic E-state index is 12.7. The summed E-state index contributed by atoms with van der Waals surface area (Å²) in [5.41, 5.74) is 2.64. The molecule has 4 heteroatoms. The van der Waals surface area contributed by atoms with Crippen molar-refractivity contribution in [1.29, 1.82) is 0 Å². The zero-order valence-electron chi connectivity index (χ0n) is 13.0. The van der Waals surface area contributed by atoms with Crippen molar-refractivity contribution in [3.63, 3.8) is 0 Å². The van der Waals surface area contributed by atoms with Crippen LogP contribution in [-0.4, -0.2) is 38.1 Å². The van der Waals surface area contributed by atoms with E-state index in [9.17, 15) is 4.79 Å². The van der Waals surface area contributed by atoms with Crippen molar-refractivity contribution in [2.45, 2.75) is 6.04 Å². The van der Waals surface area contributed by atoms with Crippen LogP contribution < -0.4 is 10.2 Å². The predicted octanol–water partition coefficient (Wildman–Crippen LogP) is 2.26. The molecule has 4 nitrogen and oxygen atoms in total. The van der Waals surface area contributed by atoms with Crippen LogP contribution in [0.5, 0.6) is 0 Å². The zero-order chi connectivity index (χ0) is 15.9. The topological polar surface area (TPSA) is 52.6 Å². The highest BCUT2D eigenvalue weighted by Crippen LogP contribution is 2.21. The first-order valence-corrected chi connectivity index (χ1v) is 7.34. The minimum Gasteiger partial charge on any atom is -0.395 e. The second-order valence-corrected chi connectivity index (χ2v) is 5.33. The fourth-order valence-corrected chi connectivity index (χ4v) is 2.30. The third kappa shape index (κ3) is 3.93. The number of Topliss-reactive ketones (excluding diaryl/α,β-unsaturated/α-hetero) is 1. The van der Waals surface area contributed by atoms with Gasteiger partial charge in [0.1, 0.15) is 0 Å². The first-order chi connectivity index (χ1) is 10.6. The highest BCUT2D eigenvalue weighted by Gasteiger charge is 2.21. The molecule has 0 saturated carbocycles. The van der Waals surface area contributed by atoms with E-state index in [2.05, 4.69) is 5.32 Å². The van der Waals surface area contributed by atoms with Crippen molar-refractivity contribution in [1.82, 2.24) is 5.32 Å². The van der Waals surface area contributed by atoms with Gasteiger partial charge < -0.3 is 15.3 Å². The lowest BCUT2D eigenvalue weighted by molar-refractivity contribution is 0.0940. The largest absolute Gasteiger partial charge is 0.395 e. The van der Waals surface area contributed by atoms with Crippen LogP contribution in [0.3, 0.4) is 0 Å². The van der Waals surface area contributed by atoms with E-state index in [-0.39, 0.29) is 12.4 Å². The van der Waals surface area contributed by atoms with Gasteiger partial charge >= 0.3 is 0 Å². The van der Waals surface area contributed by atoms with Gasteiger partial charge in [0.15, 0.2) is 5.78 Å². The molecule has 0 aromatic heterocycles. The maximum Gasteiger partial charge on any atom is 0.184 e. The lowest BCUT2D eigenvalue weighted by Gasteiger charge is -2.19. The summed E-state index contributed by atoms with van der Waals surface area (Å²) < 4.78 is 0. The third-order valence-corrected chi connectivity index (χ3v) is 3.52. The number of rotatable bonds is 7. The number of anilines is 1. The van der Waals surface area contributed by atoms with Gasteiger partial charge in [-0.25, -0.2) is 0 Å². The monoisotopic (exact) mass is 298 g/mol. The second kappa shape index (κ2) is 7.73. The van der Waals surface area contributed by atoms with E-state index < -0.39 is 6.04 Å². The molecule has 2 rings (SSSR count). The average molecular weight is 298 g/mol. The van der Waals surface area contributed by atoms with Crippen molar-refractivity contribution in [2.75, 3.05) is 32.1 Å². The molecule has 1 unspecified atom stereocenters. The van der Waals surface area contributed by atoms with Gasteiger partial charge in [-0.05, 0) is 17.7 Å². The Kier molecular flexibility index (Phi) is 5.69. The van der Waals surface area contributed by atoms with Gasteiger partial charge in [-0.3, -0.25) is 4.79 Å². The molecule has 22 heavy (non-hydrogen) atoms. The van der Waals surface area contributed by atoms with Gasteiger partial charge in [0.05, 0.1) is 12.6 Å². The fraction of sp³-hybridized carbons (Fsp3) is 0.278. The molecule has 0 saturated heterocycles. The smallest absolute Gasteiger partial charge is 0.184 e. The number of aliphatic hydroxyl groups is 1. The van der Waals surface area contributed by atoms with Crippen molar-refractivity contribution in [2.24, 2.45) is 0 Å². The van der Waals surface area contributed by atoms with E-state index in [1.807, 2.05) is 73.6 Å². The Balaban J connectivity index is 2.27. The third-order valence-electron chi connectivity index (χ3n) is 3.52. The molecular formula is C18H22N2O2. The molecule has 2 N–H and O–H groups in total. The molecule has 0 heterocycles. The average Bonchev–Trinajstić information content (AvgIpc) is 2.56. The Morgan fingerprint density at radius 2 is 1.73 bits per heavy atom. The van der Waals surface area contributed by atoms with Crippen LogP contribution in [0.15, 0.2) is 54.6 Å². The van der Waals surface area contributed by atoms with Crippen LogP contribution >= 0.6 is 0 Å². The van der Waals surface area contributed by atoms with Crippen molar-refractivity contribution in [3.8, 4) is 0 Å². The molecule has 0 spiro atoms. The predicted molar refractivity (Wildman–Crippen MR) is 89.4 cm³/mol. The summed E-state index contributed by atoms with van der Waals surface area (Å²) in [7, 11) is 3.96. The van der Waals surface area contributed by atoms with Crippen LogP contribution in [0, 0.1) is 0 Å².